The molecule has 10 heteroatoms. The monoisotopic (exact) mass is 317 g/mol. The quantitative estimate of drug-likeness (QED) is 0.820. The van der Waals surface area contributed by atoms with Crippen molar-refractivity contribution in [3.8, 4) is 11.5 Å². The van der Waals surface area contributed by atoms with Gasteiger partial charge >= 0.3 is 24.9 Å². The third kappa shape index (κ3) is 4.17. The molecule has 0 atom stereocenters. The van der Waals surface area contributed by atoms with Crippen LogP contribution in [-0.4, -0.2) is 32.0 Å². The molecule has 0 saturated heterocycles. The van der Waals surface area contributed by atoms with Crippen molar-refractivity contribution in [2.45, 2.75) is 19.0 Å². The van der Waals surface area contributed by atoms with E-state index in [1.54, 1.807) is 0 Å². The van der Waals surface area contributed by atoms with Crippen molar-refractivity contribution in [1.29, 1.82) is 0 Å². The van der Waals surface area contributed by atoms with E-state index in [1.807, 2.05) is 0 Å². The summed E-state index contributed by atoms with van der Waals surface area (Å²) < 4.78 is 82.7. The van der Waals surface area contributed by atoms with Gasteiger partial charge in [-0.25, -0.2) is 8.78 Å². The topological polar surface area (TPSA) is 47.6 Å². The maximum Gasteiger partial charge on any atom is 0.387 e. The Morgan fingerprint density at radius 1 is 1.24 bits per heavy atom. The normalized spacial score (nSPS) is 11.7. The number of anilines is 1. The van der Waals surface area contributed by atoms with Crippen LogP contribution < -0.4 is 14.8 Å². The number of alkyl halides is 6. The number of hydrogen-bond donors (Lipinski definition) is 1. The van der Waals surface area contributed by atoms with Crippen LogP contribution >= 0.6 is 0 Å². The summed E-state index contributed by atoms with van der Waals surface area (Å²) in [7, 11) is 1.18. The van der Waals surface area contributed by atoms with Crippen molar-refractivity contribution >= 4 is 11.6 Å². The van der Waals surface area contributed by atoms with Gasteiger partial charge in [0.25, 0.3) is 0 Å². The fourth-order valence-electron chi connectivity index (χ4n) is 1.24. The summed E-state index contributed by atoms with van der Waals surface area (Å²) in [6.45, 7) is -3.30. The smallest absolute Gasteiger partial charge is 0.387 e. The molecule has 1 N–H and O–H groups in total. The first-order chi connectivity index (χ1) is 9.68. The maximum atomic E-state index is 12.8. The zero-order valence-electron chi connectivity index (χ0n) is 10.4. The summed E-state index contributed by atoms with van der Waals surface area (Å²) in [5.41, 5.74) is -0.653. The second kappa shape index (κ2) is 6.55. The van der Waals surface area contributed by atoms with E-state index in [0.717, 1.165) is 18.2 Å². The Morgan fingerprint density at radius 2 is 1.86 bits per heavy atom. The number of amides is 1. The number of methoxy groups -OCH3 is 1. The summed E-state index contributed by atoms with van der Waals surface area (Å²) in [6, 6.07) is 2.93. The molecule has 1 rings (SSSR count). The Bertz CT molecular complexity index is 509. The average molecular weight is 317 g/mol. The van der Waals surface area contributed by atoms with Crippen LogP contribution in [0.2, 0.25) is 0 Å². The minimum absolute atomic E-state index is 0.00674. The highest BCUT2D eigenvalue weighted by molar-refractivity contribution is 5.97. The van der Waals surface area contributed by atoms with Crippen LogP contribution in [0.4, 0.5) is 32.0 Å². The van der Waals surface area contributed by atoms with Gasteiger partial charge < -0.3 is 14.8 Å². The minimum atomic E-state index is -4.98. The molecule has 0 saturated carbocycles. The summed E-state index contributed by atoms with van der Waals surface area (Å²) in [4.78, 5) is 11.1. The van der Waals surface area contributed by atoms with Gasteiger partial charge in [-0.05, 0) is 12.1 Å². The standard InChI is InChI=1S/C11H9F6NO3/c1-20-5-2-3-7(21-10(14)15)6(4-5)18-9(19)11(16,17)8(12)13/h2-4,8,10H,1H3,(H,18,19). The molecule has 0 aliphatic carbocycles. The Kier molecular flexibility index (Phi) is 5.28. The first-order valence-electron chi connectivity index (χ1n) is 5.28. The fraction of sp³-hybridized carbons (Fsp3) is 0.364. The Labute approximate surface area is 114 Å². The van der Waals surface area contributed by atoms with Crippen molar-refractivity contribution in [3.05, 3.63) is 18.2 Å². The molecular weight excluding hydrogens is 308 g/mol. The van der Waals surface area contributed by atoms with Crippen LogP contribution in [0, 0.1) is 0 Å². The second-order valence-corrected chi connectivity index (χ2v) is 3.62. The first-order valence-corrected chi connectivity index (χ1v) is 5.28. The molecule has 0 fully saturated rings. The van der Waals surface area contributed by atoms with Crippen molar-refractivity contribution in [2.75, 3.05) is 12.4 Å². The number of benzene rings is 1. The van der Waals surface area contributed by atoms with E-state index >= 15 is 0 Å². The van der Waals surface area contributed by atoms with Gasteiger partial charge in [-0.3, -0.25) is 4.79 Å². The van der Waals surface area contributed by atoms with Crippen LogP contribution in [0.25, 0.3) is 0 Å². The van der Waals surface area contributed by atoms with Gasteiger partial charge in [-0.15, -0.1) is 0 Å². The predicted molar refractivity (Wildman–Crippen MR) is 59.2 cm³/mol. The minimum Gasteiger partial charge on any atom is -0.497 e. The van der Waals surface area contributed by atoms with Crippen molar-refractivity contribution in [3.63, 3.8) is 0 Å². The van der Waals surface area contributed by atoms with Crippen molar-refractivity contribution in [1.82, 2.24) is 0 Å². The summed E-state index contributed by atoms with van der Waals surface area (Å²) >= 11 is 0. The number of rotatable bonds is 6. The van der Waals surface area contributed by atoms with Crippen LogP contribution in [0.3, 0.4) is 0 Å². The largest absolute Gasteiger partial charge is 0.497 e. The molecule has 0 aliphatic heterocycles. The molecule has 118 valence electrons. The first kappa shape index (κ1) is 16.9. The summed E-state index contributed by atoms with van der Waals surface area (Å²) in [5.74, 6) is -8.01. The van der Waals surface area contributed by atoms with Crippen LogP contribution in [-0.2, 0) is 4.79 Å². The fourth-order valence-corrected chi connectivity index (χ4v) is 1.24. The lowest BCUT2D eigenvalue weighted by atomic mass is 10.2. The van der Waals surface area contributed by atoms with Crippen LogP contribution in [0.15, 0.2) is 18.2 Å². The Balaban J connectivity index is 3.07. The van der Waals surface area contributed by atoms with Crippen LogP contribution in [0.1, 0.15) is 0 Å². The molecular formula is C11H9F6NO3. The van der Waals surface area contributed by atoms with Gasteiger partial charge in [0.1, 0.15) is 11.5 Å². The van der Waals surface area contributed by atoms with Gasteiger partial charge in [0.2, 0.25) is 0 Å². The van der Waals surface area contributed by atoms with E-state index in [4.69, 9.17) is 4.74 Å². The zero-order valence-corrected chi connectivity index (χ0v) is 10.4. The van der Waals surface area contributed by atoms with E-state index in [9.17, 15) is 31.1 Å². The second-order valence-electron chi connectivity index (χ2n) is 3.62. The summed E-state index contributed by atoms with van der Waals surface area (Å²) in [5, 5.41) is 1.40. The molecule has 0 heterocycles. The molecule has 0 aromatic heterocycles. The van der Waals surface area contributed by atoms with Gasteiger partial charge in [0.05, 0.1) is 12.8 Å². The third-order valence-corrected chi connectivity index (χ3v) is 2.23. The highest BCUT2D eigenvalue weighted by atomic mass is 19.3. The van der Waals surface area contributed by atoms with Gasteiger partial charge in [-0.1, -0.05) is 0 Å². The highest BCUT2D eigenvalue weighted by Crippen LogP contribution is 2.32. The lowest BCUT2D eigenvalue weighted by Gasteiger charge is -2.17. The van der Waals surface area contributed by atoms with E-state index in [2.05, 4.69) is 4.74 Å². The van der Waals surface area contributed by atoms with Crippen LogP contribution in [0.5, 0.6) is 11.5 Å². The molecule has 0 aliphatic rings. The molecule has 1 amide bonds. The third-order valence-electron chi connectivity index (χ3n) is 2.23. The SMILES string of the molecule is COc1ccc(OC(F)F)c(NC(=O)C(F)(F)C(F)F)c1. The van der Waals surface area contributed by atoms with Crippen molar-refractivity contribution < 1.29 is 40.6 Å². The molecule has 0 unspecified atom stereocenters. The molecule has 0 bridgehead atoms. The lowest BCUT2D eigenvalue weighted by Crippen LogP contribution is -2.41. The Hall–Kier alpha value is -2.13. The van der Waals surface area contributed by atoms with Gasteiger partial charge in [0, 0.05) is 6.07 Å². The van der Waals surface area contributed by atoms with E-state index in [1.165, 1.54) is 12.4 Å². The molecule has 0 radical (unpaired) electrons. The van der Waals surface area contributed by atoms with E-state index in [-0.39, 0.29) is 5.75 Å². The highest BCUT2D eigenvalue weighted by Gasteiger charge is 2.49. The molecule has 4 nitrogen and oxygen atoms in total. The maximum absolute atomic E-state index is 12.8. The van der Waals surface area contributed by atoms with Crippen molar-refractivity contribution in [2.24, 2.45) is 0 Å². The number of ether oxygens (including phenoxy) is 2. The number of carbonyl (C=O) groups excluding carboxylic acids is 1. The average Bonchev–Trinajstić information content (AvgIpc) is 2.39. The number of halogens is 6. The number of hydrogen-bond acceptors (Lipinski definition) is 3. The number of nitrogens with one attached hydrogen (secondary N) is 1. The molecule has 1 aromatic carbocycles. The van der Waals surface area contributed by atoms with Gasteiger partial charge in [0.15, 0.2) is 0 Å². The molecule has 21 heavy (non-hydrogen) atoms. The van der Waals surface area contributed by atoms with E-state index < -0.39 is 36.3 Å². The van der Waals surface area contributed by atoms with Gasteiger partial charge in [-0.2, -0.15) is 17.6 Å². The van der Waals surface area contributed by atoms with E-state index in [0.29, 0.717) is 0 Å². The molecule has 1 aromatic rings. The Morgan fingerprint density at radius 3 is 2.33 bits per heavy atom. The summed E-state index contributed by atoms with van der Waals surface area (Å²) in [6.07, 6.45) is -4.25. The predicted octanol–water partition coefficient (Wildman–Crippen LogP) is 3.14. The number of carbonyl (C=O) groups is 1. The zero-order chi connectivity index (χ0) is 16.2. The lowest BCUT2D eigenvalue weighted by molar-refractivity contribution is -0.163. The molecule has 0 spiro atoms.